The van der Waals surface area contributed by atoms with E-state index in [0.717, 1.165) is 37.5 Å². The maximum Gasteiger partial charge on any atom is 0.143 e. The van der Waals surface area contributed by atoms with Crippen LogP contribution < -0.4 is 10.2 Å². The summed E-state index contributed by atoms with van der Waals surface area (Å²) in [4.78, 5) is 2.39. The van der Waals surface area contributed by atoms with Crippen molar-refractivity contribution in [2.75, 3.05) is 11.4 Å². The first-order valence-corrected chi connectivity index (χ1v) is 7.54. The van der Waals surface area contributed by atoms with Gasteiger partial charge in [0.2, 0.25) is 0 Å². The summed E-state index contributed by atoms with van der Waals surface area (Å²) >= 11 is 0. The van der Waals surface area contributed by atoms with Crippen LogP contribution in [0.1, 0.15) is 37.8 Å². The molecule has 1 aromatic heterocycles. The van der Waals surface area contributed by atoms with E-state index in [1.54, 1.807) is 0 Å². The van der Waals surface area contributed by atoms with Gasteiger partial charge in [-0.1, -0.05) is 23.4 Å². The number of rotatable bonds is 3. The van der Waals surface area contributed by atoms with E-state index in [2.05, 4.69) is 66.5 Å². The monoisotopic (exact) mass is 285 g/mol. The minimum Gasteiger partial charge on any atom is -0.367 e. The molecular weight excluding hydrogens is 262 g/mol. The van der Waals surface area contributed by atoms with E-state index < -0.39 is 0 Å². The second-order valence-electron chi connectivity index (χ2n) is 6.64. The lowest BCUT2D eigenvalue weighted by Gasteiger charge is -2.28. The Morgan fingerprint density at radius 1 is 1.24 bits per heavy atom. The summed E-state index contributed by atoms with van der Waals surface area (Å²) in [6.07, 6.45) is 0.923. The summed E-state index contributed by atoms with van der Waals surface area (Å²) in [5.41, 5.74) is 3.64. The lowest BCUT2D eigenvalue weighted by molar-refractivity contribution is 0.363. The molecule has 4 heteroatoms. The first kappa shape index (κ1) is 14.1. The molecule has 0 radical (unpaired) electrons. The van der Waals surface area contributed by atoms with Gasteiger partial charge in [-0.25, -0.2) is 0 Å². The molecule has 0 unspecified atom stereocenters. The highest BCUT2D eigenvalue weighted by Crippen LogP contribution is 2.26. The van der Waals surface area contributed by atoms with Gasteiger partial charge in [-0.15, -0.1) is 0 Å². The summed E-state index contributed by atoms with van der Waals surface area (Å²) in [5, 5.41) is 7.75. The second-order valence-corrected chi connectivity index (χ2v) is 6.64. The number of benzene rings is 1. The molecule has 21 heavy (non-hydrogen) atoms. The SMILES string of the molecule is CC(C)(C)NCc1noc2c1CN(c1ccccc1)CC2. The molecule has 0 atom stereocenters. The number of aromatic nitrogens is 1. The highest BCUT2D eigenvalue weighted by Gasteiger charge is 2.24. The Morgan fingerprint density at radius 2 is 2.00 bits per heavy atom. The number of nitrogens with zero attached hydrogens (tertiary/aromatic N) is 2. The number of nitrogens with one attached hydrogen (secondary N) is 1. The van der Waals surface area contributed by atoms with Crippen molar-refractivity contribution in [2.45, 2.75) is 45.8 Å². The quantitative estimate of drug-likeness (QED) is 0.940. The number of hydrogen-bond donors (Lipinski definition) is 1. The van der Waals surface area contributed by atoms with Gasteiger partial charge in [0.15, 0.2) is 0 Å². The van der Waals surface area contributed by atoms with Gasteiger partial charge < -0.3 is 14.7 Å². The van der Waals surface area contributed by atoms with E-state index in [4.69, 9.17) is 4.52 Å². The molecule has 1 aliphatic rings. The molecule has 0 fully saturated rings. The Bertz CT molecular complexity index is 598. The van der Waals surface area contributed by atoms with Gasteiger partial charge in [-0.2, -0.15) is 0 Å². The molecule has 3 rings (SSSR count). The molecule has 0 saturated carbocycles. The average molecular weight is 285 g/mol. The van der Waals surface area contributed by atoms with Crippen LogP contribution in [0.5, 0.6) is 0 Å². The normalized spacial score (nSPS) is 15.1. The van der Waals surface area contributed by atoms with Crippen LogP contribution in [0.15, 0.2) is 34.9 Å². The Kier molecular flexibility index (Phi) is 3.72. The van der Waals surface area contributed by atoms with E-state index in [9.17, 15) is 0 Å². The molecular formula is C17H23N3O. The Balaban J connectivity index is 1.77. The van der Waals surface area contributed by atoms with Gasteiger partial charge in [0, 0.05) is 42.8 Å². The van der Waals surface area contributed by atoms with E-state index in [0.29, 0.717) is 0 Å². The number of fused-ring (bicyclic) bond motifs is 1. The van der Waals surface area contributed by atoms with Crippen LogP contribution in [-0.2, 0) is 19.5 Å². The predicted molar refractivity (Wildman–Crippen MR) is 84.3 cm³/mol. The first-order chi connectivity index (χ1) is 10.0. The van der Waals surface area contributed by atoms with Crippen LogP contribution in [-0.4, -0.2) is 17.2 Å². The van der Waals surface area contributed by atoms with Crippen LogP contribution in [0.4, 0.5) is 5.69 Å². The van der Waals surface area contributed by atoms with Crippen molar-refractivity contribution in [3.8, 4) is 0 Å². The predicted octanol–water partition coefficient (Wildman–Crippen LogP) is 3.13. The van der Waals surface area contributed by atoms with Crippen LogP contribution >= 0.6 is 0 Å². The van der Waals surface area contributed by atoms with Gasteiger partial charge >= 0.3 is 0 Å². The fourth-order valence-corrected chi connectivity index (χ4v) is 2.61. The van der Waals surface area contributed by atoms with Crippen molar-refractivity contribution in [1.82, 2.24) is 10.5 Å². The zero-order valence-corrected chi connectivity index (χ0v) is 13.0. The van der Waals surface area contributed by atoms with E-state index in [1.165, 1.54) is 11.3 Å². The van der Waals surface area contributed by atoms with Crippen LogP contribution in [0, 0.1) is 0 Å². The molecule has 1 aromatic carbocycles. The molecule has 4 nitrogen and oxygen atoms in total. The highest BCUT2D eigenvalue weighted by molar-refractivity contribution is 5.48. The molecule has 1 N–H and O–H groups in total. The maximum absolute atomic E-state index is 5.52. The third kappa shape index (κ3) is 3.27. The van der Waals surface area contributed by atoms with Gasteiger partial charge in [-0.05, 0) is 32.9 Å². The smallest absolute Gasteiger partial charge is 0.143 e. The maximum atomic E-state index is 5.52. The van der Waals surface area contributed by atoms with Crippen LogP contribution in [0.25, 0.3) is 0 Å². The molecule has 2 heterocycles. The Hall–Kier alpha value is -1.81. The fourth-order valence-electron chi connectivity index (χ4n) is 2.61. The number of hydrogen-bond acceptors (Lipinski definition) is 4. The minimum atomic E-state index is 0.0830. The summed E-state index contributed by atoms with van der Waals surface area (Å²) in [6, 6.07) is 10.5. The summed E-state index contributed by atoms with van der Waals surface area (Å²) in [5.74, 6) is 1.05. The fraction of sp³-hybridized carbons (Fsp3) is 0.471. The second kappa shape index (κ2) is 5.53. The standard InChI is InChI=1S/C17H23N3O/c1-17(2,3)18-11-15-14-12-20(10-9-16(14)21-19-15)13-7-5-4-6-8-13/h4-8,18H,9-12H2,1-3H3. The van der Waals surface area contributed by atoms with E-state index in [-0.39, 0.29) is 5.54 Å². The average Bonchev–Trinajstić information content (AvgIpc) is 2.87. The van der Waals surface area contributed by atoms with Gasteiger partial charge in [0.1, 0.15) is 11.5 Å². The van der Waals surface area contributed by atoms with Gasteiger partial charge in [-0.3, -0.25) is 0 Å². The van der Waals surface area contributed by atoms with E-state index >= 15 is 0 Å². The van der Waals surface area contributed by atoms with Crippen molar-refractivity contribution in [3.63, 3.8) is 0 Å². The summed E-state index contributed by atoms with van der Waals surface area (Å²) < 4.78 is 5.52. The number of anilines is 1. The largest absolute Gasteiger partial charge is 0.367 e. The summed E-state index contributed by atoms with van der Waals surface area (Å²) in [7, 11) is 0. The zero-order valence-electron chi connectivity index (χ0n) is 13.0. The highest BCUT2D eigenvalue weighted by atomic mass is 16.5. The molecule has 0 amide bonds. The Morgan fingerprint density at radius 3 is 2.71 bits per heavy atom. The topological polar surface area (TPSA) is 41.3 Å². The zero-order chi connectivity index (χ0) is 14.9. The van der Waals surface area contributed by atoms with Gasteiger partial charge in [0.05, 0.1) is 0 Å². The van der Waals surface area contributed by atoms with Crippen molar-refractivity contribution in [3.05, 3.63) is 47.3 Å². The van der Waals surface area contributed by atoms with Crippen LogP contribution in [0.2, 0.25) is 0 Å². The molecule has 0 spiro atoms. The molecule has 2 aromatic rings. The van der Waals surface area contributed by atoms with Crippen molar-refractivity contribution >= 4 is 5.69 Å². The third-order valence-corrected chi connectivity index (χ3v) is 3.82. The molecule has 1 aliphatic heterocycles. The third-order valence-electron chi connectivity index (χ3n) is 3.82. The first-order valence-electron chi connectivity index (χ1n) is 7.54. The molecule has 0 bridgehead atoms. The van der Waals surface area contributed by atoms with Crippen molar-refractivity contribution in [2.24, 2.45) is 0 Å². The van der Waals surface area contributed by atoms with Gasteiger partial charge in [0.25, 0.3) is 0 Å². The van der Waals surface area contributed by atoms with Crippen LogP contribution in [0.3, 0.4) is 0 Å². The molecule has 112 valence electrons. The van der Waals surface area contributed by atoms with Crippen molar-refractivity contribution < 1.29 is 4.52 Å². The summed E-state index contributed by atoms with van der Waals surface area (Å²) in [6.45, 7) is 9.11. The van der Waals surface area contributed by atoms with E-state index in [1.807, 2.05) is 0 Å². The molecule has 0 saturated heterocycles. The Labute approximate surface area is 126 Å². The minimum absolute atomic E-state index is 0.0830. The lowest BCUT2D eigenvalue weighted by Crippen LogP contribution is -2.36. The molecule has 0 aliphatic carbocycles. The number of para-hydroxylation sites is 1. The lowest BCUT2D eigenvalue weighted by atomic mass is 10.0. The van der Waals surface area contributed by atoms with Crippen molar-refractivity contribution in [1.29, 1.82) is 0 Å².